The Morgan fingerprint density at radius 1 is 0.800 bits per heavy atom. The van der Waals surface area contributed by atoms with Gasteiger partial charge in [0.2, 0.25) is 0 Å². The van der Waals surface area contributed by atoms with E-state index < -0.39 is 0 Å². The van der Waals surface area contributed by atoms with Crippen molar-refractivity contribution in [3.8, 4) is 0 Å². The Morgan fingerprint density at radius 2 is 1.43 bits per heavy atom. The summed E-state index contributed by atoms with van der Waals surface area (Å²) in [4.78, 5) is 2.62. The van der Waals surface area contributed by atoms with E-state index in [1.54, 1.807) is 23.5 Å². The first-order chi connectivity index (χ1) is 13.2. The molecule has 0 fully saturated rings. The van der Waals surface area contributed by atoms with E-state index in [9.17, 15) is 0 Å². The maximum Gasteiger partial charge on any atom is 4.00 e. The molecule has 2 aliphatic carbocycles. The van der Waals surface area contributed by atoms with Crippen molar-refractivity contribution in [2.75, 3.05) is 0 Å². The summed E-state index contributed by atoms with van der Waals surface area (Å²) in [5.41, 5.74) is 5.21. The molecule has 0 nitrogen and oxygen atoms in total. The van der Waals surface area contributed by atoms with E-state index in [0.29, 0.717) is 8.32 Å². The van der Waals surface area contributed by atoms with Gasteiger partial charge in [-0.15, -0.1) is 22.0 Å². The van der Waals surface area contributed by atoms with Gasteiger partial charge in [-0.05, 0) is 12.1 Å². The number of thioether (sulfide) groups is 2. The molecule has 2 aromatic rings. The van der Waals surface area contributed by atoms with Crippen LogP contribution >= 0.6 is 67.1 Å². The van der Waals surface area contributed by atoms with Crippen molar-refractivity contribution in [1.82, 2.24) is 0 Å². The van der Waals surface area contributed by atoms with Gasteiger partial charge in [-0.2, -0.15) is 46.8 Å². The smallest absolute Gasteiger partial charge is 1.00 e. The fourth-order valence-corrected chi connectivity index (χ4v) is 8.11. The average Bonchev–Trinajstić information content (AvgIpc) is 3.39. The van der Waals surface area contributed by atoms with Gasteiger partial charge in [0, 0.05) is 18.1 Å². The van der Waals surface area contributed by atoms with Crippen LogP contribution in [-0.4, -0.2) is 8.32 Å². The number of allylic oxidation sites excluding steroid dienone is 2. The van der Waals surface area contributed by atoms with Gasteiger partial charge in [-0.1, -0.05) is 88.8 Å². The minimum atomic E-state index is 0. The quantitative estimate of drug-likeness (QED) is 0.266. The van der Waals surface area contributed by atoms with E-state index in [0.717, 1.165) is 0 Å². The first-order valence-electron chi connectivity index (χ1n) is 8.44. The maximum atomic E-state index is 3.81. The standard InChI is InChI=1S/C22H10Br2S3.2ClH.Zr/c23-21-18-13(10-25-21)8-15-14(18)4-2-5-16(15)27-17-6-1-3-11-7-12-9-26-22(24)20(12)19(11)17;;;/h1-8,21-22H;2*1H;/q-2;;;+4/p-2. The van der Waals surface area contributed by atoms with Crippen molar-refractivity contribution in [2.24, 2.45) is 0 Å². The minimum absolute atomic E-state index is 0. The van der Waals surface area contributed by atoms with E-state index in [1.165, 1.54) is 53.0 Å². The summed E-state index contributed by atoms with van der Waals surface area (Å²) >= 11 is 12.9. The Morgan fingerprint density at radius 3 is 2.20 bits per heavy atom. The van der Waals surface area contributed by atoms with Gasteiger partial charge in [-0.3, -0.25) is 0 Å². The molecule has 2 aromatic carbocycles. The molecule has 8 heteroatoms. The third-order valence-corrected chi connectivity index (χ3v) is 9.81. The summed E-state index contributed by atoms with van der Waals surface area (Å²) in [6.45, 7) is 0. The molecule has 30 heavy (non-hydrogen) atoms. The van der Waals surface area contributed by atoms with Crippen LogP contribution in [0, 0.1) is 10.8 Å². The summed E-state index contributed by atoms with van der Waals surface area (Å²) in [6.07, 6.45) is 4.55. The zero-order chi connectivity index (χ0) is 18.1. The molecule has 2 atom stereocenters. The molecule has 0 saturated carbocycles. The number of rotatable bonds is 2. The Kier molecular flexibility index (Phi) is 8.51. The molecule has 0 spiro atoms. The average molecular weight is 692 g/mol. The predicted octanol–water partition coefficient (Wildman–Crippen LogP) is -1.96. The van der Waals surface area contributed by atoms with E-state index in [4.69, 9.17) is 0 Å². The fraction of sp³-hybridized carbons (Fsp3) is 0.0909. The molecule has 0 radical (unpaired) electrons. The molecule has 2 aliphatic heterocycles. The van der Waals surface area contributed by atoms with Crippen LogP contribution in [0.4, 0.5) is 0 Å². The molecule has 4 aliphatic rings. The Balaban J connectivity index is 0.000000853. The minimum Gasteiger partial charge on any atom is -1.00 e. The van der Waals surface area contributed by atoms with Crippen molar-refractivity contribution in [2.45, 2.75) is 18.1 Å². The zero-order valence-electron chi connectivity index (χ0n) is 15.0. The first kappa shape index (κ1) is 25.5. The van der Waals surface area contributed by atoms with Gasteiger partial charge < -0.3 is 24.8 Å². The van der Waals surface area contributed by atoms with Crippen LogP contribution in [0.3, 0.4) is 0 Å². The monoisotopic (exact) mass is 688 g/mol. The normalized spacial score (nSPS) is 21.5. The van der Waals surface area contributed by atoms with E-state index in [1.807, 2.05) is 11.8 Å². The summed E-state index contributed by atoms with van der Waals surface area (Å²) in [5.74, 6) is 0. The zero-order valence-corrected chi connectivity index (χ0v) is 24.6. The molecule has 2 unspecified atom stereocenters. The number of fused-ring (bicyclic) bond motifs is 4. The van der Waals surface area contributed by atoms with Crippen molar-refractivity contribution in [3.05, 3.63) is 79.2 Å². The third kappa shape index (κ3) is 4.00. The molecule has 0 N–H and O–H groups in total. The van der Waals surface area contributed by atoms with E-state index in [2.05, 4.69) is 91.2 Å². The molecular weight excluding hydrogens is 682 g/mol. The van der Waals surface area contributed by atoms with Crippen molar-refractivity contribution < 1.29 is 51.0 Å². The molecule has 0 amide bonds. The number of benzene rings is 2. The first-order valence-corrected chi connectivity index (χ1v) is 12.9. The molecule has 0 aromatic heterocycles. The van der Waals surface area contributed by atoms with Crippen LogP contribution in [0.1, 0.15) is 0 Å². The Hall–Kier alpha value is 0.873. The van der Waals surface area contributed by atoms with Crippen LogP contribution in [0.15, 0.2) is 57.3 Å². The predicted molar refractivity (Wildman–Crippen MR) is 125 cm³/mol. The van der Waals surface area contributed by atoms with E-state index >= 15 is 0 Å². The second-order valence-electron chi connectivity index (χ2n) is 6.56. The Labute approximate surface area is 236 Å². The summed E-state index contributed by atoms with van der Waals surface area (Å²) in [5, 5.41) is 12.2. The summed E-state index contributed by atoms with van der Waals surface area (Å²) in [6, 6.07) is 13.3. The summed E-state index contributed by atoms with van der Waals surface area (Å²) in [7, 11) is 0. The number of hydrogen-bond donors (Lipinski definition) is 0. The summed E-state index contributed by atoms with van der Waals surface area (Å²) < 4.78 is 0.602. The molecule has 2 heterocycles. The van der Waals surface area contributed by atoms with Gasteiger partial charge in [0.05, 0.1) is 0 Å². The SMILES string of the molecule is BrC1S[C-]=C2C=c3c(Sc4cccc5c4=C4C(=[C-]SC4Br)C=5)cccc3=C21.[Cl-].[Cl-].[Zr+4]. The van der Waals surface area contributed by atoms with Crippen LogP contribution in [0.25, 0.3) is 23.3 Å². The molecule has 0 bridgehead atoms. The number of alkyl halides is 2. The molecule has 6 rings (SSSR count). The number of halogens is 4. The fourth-order valence-electron chi connectivity index (χ4n) is 3.91. The second kappa shape index (κ2) is 10.0. The largest absolute Gasteiger partial charge is 4.00 e. The van der Waals surface area contributed by atoms with Gasteiger partial charge in [0.1, 0.15) is 0 Å². The maximum absolute atomic E-state index is 3.81. The Bertz CT molecular complexity index is 1350. The van der Waals surface area contributed by atoms with Gasteiger partial charge in [0.25, 0.3) is 0 Å². The topological polar surface area (TPSA) is 0 Å². The van der Waals surface area contributed by atoms with Crippen LogP contribution in [0.5, 0.6) is 0 Å². The van der Waals surface area contributed by atoms with Crippen molar-refractivity contribution in [3.63, 3.8) is 0 Å². The van der Waals surface area contributed by atoms with Crippen LogP contribution in [-0.2, 0) is 26.2 Å². The molecule has 148 valence electrons. The molecule has 0 saturated heterocycles. The van der Waals surface area contributed by atoms with E-state index in [-0.39, 0.29) is 51.0 Å². The number of hydrogen-bond acceptors (Lipinski definition) is 3. The van der Waals surface area contributed by atoms with Gasteiger partial charge in [0.15, 0.2) is 0 Å². The van der Waals surface area contributed by atoms with Crippen molar-refractivity contribution in [1.29, 1.82) is 0 Å². The van der Waals surface area contributed by atoms with Crippen LogP contribution < -0.4 is 45.7 Å². The third-order valence-electron chi connectivity index (χ3n) is 5.07. The molecular formula is C22H10Br2Cl2S3Zr. The van der Waals surface area contributed by atoms with Gasteiger partial charge in [-0.25, -0.2) is 0 Å². The van der Waals surface area contributed by atoms with Crippen molar-refractivity contribution >= 4 is 90.4 Å². The van der Waals surface area contributed by atoms with Gasteiger partial charge >= 0.3 is 26.2 Å². The second-order valence-corrected chi connectivity index (χ2v) is 12.5. The van der Waals surface area contributed by atoms with Crippen LogP contribution in [0.2, 0.25) is 0 Å².